The molecule has 1 aromatic carbocycles. The molecule has 0 saturated carbocycles. The summed E-state index contributed by atoms with van der Waals surface area (Å²) in [6, 6.07) is 1.06. The third kappa shape index (κ3) is 2.20. The highest BCUT2D eigenvalue weighted by Crippen LogP contribution is 2.49. The number of phenolic OH excluding ortho intramolecular Hbond substituents is 2. The monoisotopic (exact) mass is 328 g/mol. The van der Waals surface area contributed by atoms with E-state index in [0.717, 1.165) is 6.07 Å². The van der Waals surface area contributed by atoms with Crippen LogP contribution in [0.15, 0.2) is 6.07 Å². The van der Waals surface area contributed by atoms with Gasteiger partial charge in [0.05, 0.1) is 19.3 Å². The van der Waals surface area contributed by atoms with E-state index in [1.807, 2.05) is 0 Å². The van der Waals surface area contributed by atoms with Crippen LogP contribution in [0.25, 0.3) is 0 Å². The highest BCUT2D eigenvalue weighted by Gasteiger charge is 2.52. The molecule has 0 unspecified atom stereocenters. The van der Waals surface area contributed by atoms with Crippen LogP contribution in [0.4, 0.5) is 0 Å². The second kappa shape index (κ2) is 5.53. The molecule has 0 bridgehead atoms. The molecule has 0 aliphatic carbocycles. The minimum Gasteiger partial charge on any atom is -0.504 e. The van der Waals surface area contributed by atoms with E-state index in [0.29, 0.717) is 0 Å². The van der Waals surface area contributed by atoms with Crippen molar-refractivity contribution in [3.63, 3.8) is 0 Å². The summed E-state index contributed by atoms with van der Waals surface area (Å²) in [4.78, 5) is 12.1. The lowest BCUT2D eigenvalue weighted by molar-refractivity contribution is -0.235. The Kier molecular flexibility index (Phi) is 3.80. The molecule has 9 heteroatoms. The highest BCUT2D eigenvalue weighted by molar-refractivity contribution is 5.95. The summed E-state index contributed by atoms with van der Waals surface area (Å²) < 4.78 is 15.4. The van der Waals surface area contributed by atoms with Crippen molar-refractivity contribution in [3.05, 3.63) is 17.2 Å². The fraction of sp³-hybridized carbons (Fsp3) is 0.500. The Morgan fingerprint density at radius 1 is 1.26 bits per heavy atom. The molecule has 1 saturated heterocycles. The van der Waals surface area contributed by atoms with Crippen molar-refractivity contribution in [1.29, 1.82) is 0 Å². The summed E-state index contributed by atoms with van der Waals surface area (Å²) in [7, 11) is 1.22. The third-order valence-corrected chi connectivity index (χ3v) is 4.09. The zero-order valence-electron chi connectivity index (χ0n) is 12.0. The van der Waals surface area contributed by atoms with E-state index in [4.69, 9.17) is 14.2 Å². The number of hydrogen-bond donors (Lipinski definition) is 5. The maximum Gasteiger partial charge on any atom is 0.339 e. The van der Waals surface area contributed by atoms with Crippen molar-refractivity contribution >= 4 is 5.97 Å². The van der Waals surface area contributed by atoms with Crippen molar-refractivity contribution in [2.24, 2.45) is 0 Å². The molecular weight excluding hydrogens is 312 g/mol. The maximum absolute atomic E-state index is 12.1. The summed E-state index contributed by atoms with van der Waals surface area (Å²) >= 11 is 0. The van der Waals surface area contributed by atoms with Crippen molar-refractivity contribution in [2.75, 3.05) is 13.7 Å². The van der Waals surface area contributed by atoms with Crippen molar-refractivity contribution in [3.8, 4) is 17.2 Å². The van der Waals surface area contributed by atoms with Gasteiger partial charge in [0, 0.05) is 5.56 Å². The van der Waals surface area contributed by atoms with Crippen molar-refractivity contribution < 1.29 is 44.5 Å². The van der Waals surface area contributed by atoms with Crippen molar-refractivity contribution in [1.82, 2.24) is 0 Å². The Bertz CT molecular complexity index is 644. The largest absolute Gasteiger partial charge is 0.504 e. The van der Waals surface area contributed by atoms with Crippen LogP contribution in [0.5, 0.6) is 17.2 Å². The fourth-order valence-corrected chi connectivity index (χ4v) is 2.95. The maximum atomic E-state index is 12.1. The fourth-order valence-electron chi connectivity index (χ4n) is 2.95. The Morgan fingerprint density at radius 3 is 2.57 bits per heavy atom. The minimum atomic E-state index is -1.51. The van der Waals surface area contributed by atoms with Gasteiger partial charge in [0.1, 0.15) is 24.4 Å². The number of phenols is 2. The average Bonchev–Trinajstić information content (AvgIpc) is 2.52. The topological polar surface area (TPSA) is 146 Å². The van der Waals surface area contributed by atoms with Gasteiger partial charge in [-0.3, -0.25) is 0 Å². The van der Waals surface area contributed by atoms with E-state index >= 15 is 0 Å². The molecule has 0 radical (unpaired) electrons. The van der Waals surface area contributed by atoms with Gasteiger partial charge in [-0.05, 0) is 6.07 Å². The number of ether oxygens (including phenoxy) is 3. The lowest BCUT2D eigenvalue weighted by Gasteiger charge is -2.44. The quantitative estimate of drug-likeness (QED) is 0.422. The normalized spacial score (nSPS) is 32.7. The van der Waals surface area contributed by atoms with E-state index in [-0.39, 0.29) is 16.9 Å². The molecule has 2 aliphatic heterocycles. The zero-order valence-corrected chi connectivity index (χ0v) is 12.0. The molecule has 126 valence electrons. The first-order valence-corrected chi connectivity index (χ1v) is 6.87. The average molecular weight is 328 g/mol. The second-order valence-electron chi connectivity index (χ2n) is 5.37. The van der Waals surface area contributed by atoms with Gasteiger partial charge in [-0.1, -0.05) is 0 Å². The zero-order chi connectivity index (χ0) is 16.9. The summed E-state index contributed by atoms with van der Waals surface area (Å²) in [6.07, 6.45) is -6.50. The predicted molar refractivity (Wildman–Crippen MR) is 72.2 cm³/mol. The van der Waals surface area contributed by atoms with Crippen molar-refractivity contribution in [2.45, 2.75) is 30.5 Å². The third-order valence-electron chi connectivity index (χ3n) is 4.09. The lowest BCUT2D eigenvalue weighted by atomic mass is 9.86. The van der Waals surface area contributed by atoms with E-state index in [2.05, 4.69) is 0 Å². The van der Waals surface area contributed by atoms with Gasteiger partial charge >= 0.3 is 5.97 Å². The summed E-state index contributed by atoms with van der Waals surface area (Å²) in [5.41, 5.74) is -0.187. The van der Waals surface area contributed by atoms with Crippen LogP contribution in [0.2, 0.25) is 0 Å². The molecule has 9 nitrogen and oxygen atoms in total. The van der Waals surface area contributed by atoms with E-state index in [1.54, 1.807) is 0 Å². The summed E-state index contributed by atoms with van der Waals surface area (Å²) in [5.74, 6) is -2.16. The molecule has 3 rings (SSSR count). The van der Waals surface area contributed by atoms with Crippen LogP contribution in [-0.2, 0) is 9.47 Å². The molecule has 2 heterocycles. The van der Waals surface area contributed by atoms with Crippen LogP contribution in [0, 0.1) is 0 Å². The van der Waals surface area contributed by atoms with Gasteiger partial charge < -0.3 is 39.7 Å². The molecule has 0 spiro atoms. The molecule has 2 aliphatic rings. The molecule has 1 fully saturated rings. The lowest BCUT2D eigenvalue weighted by Crippen LogP contribution is -2.58. The van der Waals surface area contributed by atoms with E-state index < -0.39 is 54.6 Å². The molecule has 5 atom stereocenters. The molecule has 5 N–H and O–H groups in total. The number of aromatic hydroxyl groups is 2. The van der Waals surface area contributed by atoms with Gasteiger partial charge in [-0.15, -0.1) is 0 Å². The predicted octanol–water partition coefficient (Wildman–Crippen LogP) is -1.20. The number of methoxy groups -OCH3 is 1. The van der Waals surface area contributed by atoms with Crippen LogP contribution in [-0.4, -0.2) is 69.6 Å². The molecule has 0 aromatic heterocycles. The Morgan fingerprint density at radius 2 is 1.96 bits per heavy atom. The standard InChI is InChI=1S/C14H16O9/c1-21-11-5(16)2-4-7(9(11)18)12-13(23-14(4)20)10(19)8(17)6(3-15)22-12/h2,6,8,10,12-13,15-19H,3H2,1H3/t6-,8-,10+,12+,13-/m1/s1. The Hall–Kier alpha value is -2.07. The van der Waals surface area contributed by atoms with E-state index in [9.17, 15) is 30.3 Å². The SMILES string of the molecule is COc1c(O)cc2c(c1O)[C@@H]1O[C@H](CO)[C@@H](O)[C@H](O)[C@H]1OC2=O. The van der Waals surface area contributed by atoms with Gasteiger partial charge in [-0.25, -0.2) is 4.79 Å². The molecular formula is C14H16O9. The van der Waals surface area contributed by atoms with Crippen LogP contribution in [0.3, 0.4) is 0 Å². The molecule has 23 heavy (non-hydrogen) atoms. The van der Waals surface area contributed by atoms with Crippen LogP contribution >= 0.6 is 0 Å². The number of rotatable bonds is 2. The number of carbonyl (C=O) groups is 1. The number of carbonyl (C=O) groups excluding carboxylic acids is 1. The first kappa shape index (κ1) is 15.8. The number of hydrogen-bond acceptors (Lipinski definition) is 9. The first-order valence-electron chi connectivity index (χ1n) is 6.87. The van der Waals surface area contributed by atoms with E-state index in [1.165, 1.54) is 7.11 Å². The summed E-state index contributed by atoms with van der Waals surface area (Å²) in [5, 5.41) is 49.3. The van der Waals surface area contributed by atoms with Gasteiger partial charge in [0.2, 0.25) is 5.75 Å². The number of esters is 1. The Balaban J connectivity index is 2.16. The number of aliphatic hydroxyl groups excluding tert-OH is 3. The smallest absolute Gasteiger partial charge is 0.339 e. The molecule has 1 aromatic rings. The minimum absolute atomic E-state index is 0.0368. The summed E-state index contributed by atoms with van der Waals surface area (Å²) in [6.45, 7) is -0.583. The van der Waals surface area contributed by atoms with Gasteiger partial charge in [-0.2, -0.15) is 0 Å². The molecule has 0 amide bonds. The first-order chi connectivity index (χ1) is 10.9. The highest BCUT2D eigenvalue weighted by atomic mass is 16.6. The van der Waals surface area contributed by atoms with Crippen LogP contribution < -0.4 is 4.74 Å². The van der Waals surface area contributed by atoms with Crippen LogP contribution in [0.1, 0.15) is 22.0 Å². The second-order valence-corrected chi connectivity index (χ2v) is 5.37. The van der Waals surface area contributed by atoms with Gasteiger partial charge in [0.25, 0.3) is 0 Å². The number of fused-ring (bicyclic) bond motifs is 3. The van der Waals surface area contributed by atoms with Gasteiger partial charge in [0.15, 0.2) is 17.6 Å². The number of aliphatic hydroxyl groups is 3. The Labute approximate surface area is 130 Å². The number of benzene rings is 1.